The van der Waals surface area contributed by atoms with Crippen molar-refractivity contribution in [2.45, 2.75) is 26.7 Å². The Labute approximate surface area is 114 Å². The Bertz CT molecular complexity index is 424. The molecule has 19 heavy (non-hydrogen) atoms. The van der Waals surface area contributed by atoms with E-state index in [1.54, 1.807) is 17.0 Å². The van der Waals surface area contributed by atoms with Crippen molar-refractivity contribution in [3.8, 4) is 0 Å². The normalized spacial score (nSPS) is 16.5. The molecule has 1 fully saturated rings. The van der Waals surface area contributed by atoms with Gasteiger partial charge in [0.15, 0.2) is 0 Å². The first-order valence-corrected chi connectivity index (χ1v) is 6.93. The number of urea groups is 1. The third-order valence-electron chi connectivity index (χ3n) is 3.74. The van der Waals surface area contributed by atoms with Gasteiger partial charge in [-0.25, -0.2) is 9.18 Å². The Morgan fingerprint density at radius 2 is 1.89 bits per heavy atom. The summed E-state index contributed by atoms with van der Waals surface area (Å²) in [5.74, 6) is 0.420. The zero-order valence-corrected chi connectivity index (χ0v) is 11.6. The van der Waals surface area contributed by atoms with Crippen LogP contribution in [-0.2, 0) is 0 Å². The van der Waals surface area contributed by atoms with Gasteiger partial charge < -0.3 is 4.90 Å². The number of anilines is 1. The van der Waals surface area contributed by atoms with Crippen LogP contribution in [0.25, 0.3) is 0 Å². The van der Waals surface area contributed by atoms with Crippen molar-refractivity contribution < 1.29 is 9.18 Å². The number of piperidine rings is 1. The average Bonchev–Trinajstić information content (AvgIpc) is 2.42. The molecule has 1 aromatic carbocycles. The van der Waals surface area contributed by atoms with Gasteiger partial charge in [0.25, 0.3) is 0 Å². The Morgan fingerprint density at radius 1 is 1.32 bits per heavy atom. The van der Waals surface area contributed by atoms with E-state index in [2.05, 4.69) is 6.92 Å². The maximum Gasteiger partial charge on any atom is 0.324 e. The van der Waals surface area contributed by atoms with Crippen LogP contribution in [0.15, 0.2) is 24.3 Å². The number of halogens is 1. The van der Waals surface area contributed by atoms with Crippen molar-refractivity contribution in [1.29, 1.82) is 0 Å². The molecule has 0 aromatic heterocycles. The zero-order chi connectivity index (χ0) is 13.8. The predicted octanol–water partition coefficient (Wildman–Crippen LogP) is 3.50. The van der Waals surface area contributed by atoms with Gasteiger partial charge >= 0.3 is 6.03 Å². The second-order valence-corrected chi connectivity index (χ2v) is 5.17. The molecule has 0 saturated carbocycles. The summed E-state index contributed by atoms with van der Waals surface area (Å²) in [5.41, 5.74) is 0.757. The summed E-state index contributed by atoms with van der Waals surface area (Å²) in [7, 11) is 0. The van der Waals surface area contributed by atoms with E-state index in [4.69, 9.17) is 0 Å². The molecule has 2 amide bonds. The van der Waals surface area contributed by atoms with Gasteiger partial charge in [0.05, 0.1) is 0 Å². The molecule has 0 spiro atoms. The third-order valence-corrected chi connectivity index (χ3v) is 3.74. The second kappa shape index (κ2) is 6.04. The molecule has 1 aliphatic heterocycles. The van der Waals surface area contributed by atoms with Crippen molar-refractivity contribution in [2.75, 3.05) is 24.5 Å². The highest BCUT2D eigenvalue weighted by atomic mass is 19.1. The number of rotatable bonds is 2. The SMILES string of the molecule is CCN(C(=O)N1CCC(C)CC1)c1ccc(F)cc1. The summed E-state index contributed by atoms with van der Waals surface area (Å²) < 4.78 is 12.9. The Hall–Kier alpha value is -1.58. The van der Waals surface area contributed by atoms with E-state index in [1.807, 2.05) is 11.8 Å². The smallest absolute Gasteiger partial charge is 0.324 e. The van der Waals surface area contributed by atoms with Crippen LogP contribution in [0.2, 0.25) is 0 Å². The molecule has 0 atom stereocenters. The summed E-state index contributed by atoms with van der Waals surface area (Å²) >= 11 is 0. The molecule has 4 heteroatoms. The molecule has 0 bridgehead atoms. The first-order chi connectivity index (χ1) is 9.11. The van der Waals surface area contributed by atoms with E-state index in [0.29, 0.717) is 12.5 Å². The lowest BCUT2D eigenvalue weighted by Gasteiger charge is -2.34. The van der Waals surface area contributed by atoms with E-state index in [9.17, 15) is 9.18 Å². The molecule has 0 aliphatic carbocycles. The molecule has 1 aromatic rings. The molecule has 1 aliphatic rings. The fraction of sp³-hybridized carbons (Fsp3) is 0.533. The number of amides is 2. The Morgan fingerprint density at radius 3 is 2.42 bits per heavy atom. The van der Waals surface area contributed by atoms with Crippen LogP contribution in [0.5, 0.6) is 0 Å². The van der Waals surface area contributed by atoms with Crippen molar-refractivity contribution in [2.24, 2.45) is 5.92 Å². The van der Waals surface area contributed by atoms with Gasteiger partial charge in [0, 0.05) is 25.3 Å². The van der Waals surface area contributed by atoms with E-state index < -0.39 is 0 Å². The lowest BCUT2D eigenvalue weighted by molar-refractivity contribution is 0.180. The molecule has 0 N–H and O–H groups in total. The van der Waals surface area contributed by atoms with Gasteiger partial charge in [-0.3, -0.25) is 4.90 Å². The highest BCUT2D eigenvalue weighted by molar-refractivity contribution is 5.92. The van der Waals surface area contributed by atoms with Gasteiger partial charge in [-0.2, -0.15) is 0 Å². The average molecular weight is 264 g/mol. The van der Waals surface area contributed by atoms with Crippen molar-refractivity contribution in [3.63, 3.8) is 0 Å². The number of carbonyl (C=O) groups excluding carboxylic acids is 1. The first kappa shape index (κ1) is 13.8. The van der Waals surface area contributed by atoms with Crippen molar-refractivity contribution >= 4 is 11.7 Å². The Kier molecular flexibility index (Phi) is 4.40. The molecule has 0 radical (unpaired) electrons. The minimum absolute atomic E-state index is 0.0287. The molecule has 1 heterocycles. The van der Waals surface area contributed by atoms with E-state index >= 15 is 0 Å². The fourth-order valence-corrected chi connectivity index (χ4v) is 2.42. The lowest BCUT2D eigenvalue weighted by Crippen LogP contribution is -2.46. The van der Waals surface area contributed by atoms with E-state index in [-0.39, 0.29) is 11.8 Å². The number of hydrogen-bond acceptors (Lipinski definition) is 1. The molecular weight excluding hydrogens is 243 g/mol. The zero-order valence-electron chi connectivity index (χ0n) is 11.6. The van der Waals surface area contributed by atoms with Gasteiger partial charge in [-0.1, -0.05) is 6.92 Å². The van der Waals surface area contributed by atoms with E-state index in [0.717, 1.165) is 31.6 Å². The van der Waals surface area contributed by atoms with Crippen LogP contribution in [0.4, 0.5) is 14.9 Å². The van der Waals surface area contributed by atoms with Crippen LogP contribution in [0, 0.1) is 11.7 Å². The monoisotopic (exact) mass is 264 g/mol. The summed E-state index contributed by atoms with van der Waals surface area (Å²) in [4.78, 5) is 16.1. The largest absolute Gasteiger partial charge is 0.324 e. The maximum atomic E-state index is 12.9. The topological polar surface area (TPSA) is 23.6 Å². The van der Waals surface area contributed by atoms with Crippen LogP contribution < -0.4 is 4.90 Å². The van der Waals surface area contributed by atoms with Crippen LogP contribution >= 0.6 is 0 Å². The second-order valence-electron chi connectivity index (χ2n) is 5.17. The van der Waals surface area contributed by atoms with Crippen LogP contribution in [0.1, 0.15) is 26.7 Å². The molecule has 2 rings (SSSR count). The highest BCUT2D eigenvalue weighted by Crippen LogP contribution is 2.21. The number of benzene rings is 1. The predicted molar refractivity (Wildman–Crippen MR) is 74.8 cm³/mol. The molecule has 0 unspecified atom stereocenters. The number of likely N-dealkylation sites (tertiary alicyclic amines) is 1. The highest BCUT2D eigenvalue weighted by Gasteiger charge is 2.24. The lowest BCUT2D eigenvalue weighted by atomic mass is 9.99. The quantitative estimate of drug-likeness (QED) is 0.802. The minimum Gasteiger partial charge on any atom is -0.324 e. The number of hydrogen-bond donors (Lipinski definition) is 0. The summed E-state index contributed by atoms with van der Waals surface area (Å²) in [6.07, 6.45) is 2.12. The molecule has 1 saturated heterocycles. The summed E-state index contributed by atoms with van der Waals surface area (Å²) in [6.45, 7) is 6.39. The summed E-state index contributed by atoms with van der Waals surface area (Å²) in [5, 5.41) is 0. The maximum absolute atomic E-state index is 12.9. The molecule has 104 valence electrons. The number of carbonyl (C=O) groups is 1. The minimum atomic E-state index is -0.279. The number of nitrogens with zero attached hydrogens (tertiary/aromatic N) is 2. The van der Waals surface area contributed by atoms with Crippen LogP contribution in [-0.4, -0.2) is 30.6 Å². The standard InChI is InChI=1S/C15H21FN2O/c1-3-18(14-6-4-13(16)5-7-14)15(19)17-10-8-12(2)9-11-17/h4-7,12H,3,8-11H2,1-2H3. The van der Waals surface area contributed by atoms with Gasteiger partial charge in [-0.05, 0) is 49.9 Å². The van der Waals surface area contributed by atoms with Gasteiger partial charge in [0.1, 0.15) is 5.82 Å². The van der Waals surface area contributed by atoms with E-state index in [1.165, 1.54) is 12.1 Å². The molecular formula is C15H21FN2O. The Balaban J connectivity index is 2.08. The van der Waals surface area contributed by atoms with Crippen molar-refractivity contribution in [1.82, 2.24) is 4.90 Å². The third kappa shape index (κ3) is 3.25. The van der Waals surface area contributed by atoms with Gasteiger partial charge in [0.2, 0.25) is 0 Å². The van der Waals surface area contributed by atoms with Crippen LogP contribution in [0.3, 0.4) is 0 Å². The van der Waals surface area contributed by atoms with Crippen molar-refractivity contribution in [3.05, 3.63) is 30.1 Å². The fourth-order valence-electron chi connectivity index (χ4n) is 2.42. The molecule has 3 nitrogen and oxygen atoms in total. The van der Waals surface area contributed by atoms with Gasteiger partial charge in [-0.15, -0.1) is 0 Å². The summed E-state index contributed by atoms with van der Waals surface area (Å²) in [6, 6.07) is 6.13. The first-order valence-electron chi connectivity index (χ1n) is 6.93.